The fraction of sp³-hybridized carbons (Fsp3) is 0.381. The maximum absolute atomic E-state index is 12.9. The smallest absolute Gasteiger partial charge is 0.203 e. The topological polar surface area (TPSA) is 34.5 Å². The van der Waals surface area contributed by atoms with Gasteiger partial charge >= 0.3 is 0 Å². The van der Waals surface area contributed by atoms with Crippen molar-refractivity contribution in [2.45, 2.75) is 13.5 Å². The van der Waals surface area contributed by atoms with Crippen LogP contribution in [0.1, 0.15) is 20.9 Å². The van der Waals surface area contributed by atoms with E-state index in [1.165, 1.54) is 40.5 Å². The van der Waals surface area contributed by atoms with E-state index < -0.39 is 0 Å². The maximum Gasteiger partial charge on any atom is 0.203 e. The van der Waals surface area contributed by atoms with Gasteiger partial charge in [-0.2, -0.15) is 11.8 Å². The van der Waals surface area contributed by atoms with Crippen molar-refractivity contribution < 1.29 is 9.53 Å². The van der Waals surface area contributed by atoms with Crippen LogP contribution in [0.5, 0.6) is 5.75 Å². The maximum atomic E-state index is 12.9. The highest BCUT2D eigenvalue weighted by Gasteiger charge is 2.17. The third-order valence-corrected chi connectivity index (χ3v) is 7.21. The van der Waals surface area contributed by atoms with Gasteiger partial charge in [0.2, 0.25) is 5.78 Å². The van der Waals surface area contributed by atoms with Crippen LogP contribution in [-0.4, -0.2) is 53.5 Å². The molecule has 0 amide bonds. The van der Waals surface area contributed by atoms with Crippen molar-refractivity contribution in [1.82, 2.24) is 9.47 Å². The molecule has 0 radical (unpaired) electrons. The van der Waals surface area contributed by atoms with Crippen molar-refractivity contribution in [3.63, 3.8) is 0 Å². The van der Waals surface area contributed by atoms with Crippen molar-refractivity contribution in [2.75, 3.05) is 38.2 Å². The quantitative estimate of drug-likeness (QED) is 0.578. The second-order valence-electron chi connectivity index (χ2n) is 6.82. The molecule has 3 aromatic rings. The van der Waals surface area contributed by atoms with Crippen LogP contribution in [0.3, 0.4) is 0 Å². The Morgan fingerprint density at radius 2 is 1.85 bits per heavy atom. The minimum Gasteiger partial charge on any atom is -0.497 e. The molecule has 3 heterocycles. The minimum atomic E-state index is 0.0797. The van der Waals surface area contributed by atoms with E-state index in [1.807, 2.05) is 42.1 Å². The highest BCUT2D eigenvalue weighted by molar-refractivity contribution is 7.99. The molecule has 0 aliphatic carbocycles. The molecule has 142 valence electrons. The van der Waals surface area contributed by atoms with Crippen molar-refractivity contribution in [2.24, 2.45) is 0 Å². The number of aromatic nitrogens is 1. The van der Waals surface area contributed by atoms with Gasteiger partial charge in [-0.1, -0.05) is 0 Å². The van der Waals surface area contributed by atoms with Crippen molar-refractivity contribution in [3.05, 3.63) is 52.5 Å². The van der Waals surface area contributed by atoms with E-state index in [2.05, 4.69) is 22.5 Å². The number of aryl methyl sites for hydroxylation is 1. The van der Waals surface area contributed by atoms with Crippen LogP contribution in [0.2, 0.25) is 0 Å². The van der Waals surface area contributed by atoms with Crippen LogP contribution in [-0.2, 0) is 6.54 Å². The van der Waals surface area contributed by atoms with Crippen LogP contribution < -0.4 is 4.74 Å². The van der Waals surface area contributed by atoms with E-state index in [1.54, 1.807) is 18.4 Å². The predicted molar refractivity (Wildman–Crippen MR) is 115 cm³/mol. The van der Waals surface area contributed by atoms with Gasteiger partial charge in [-0.05, 0) is 43.3 Å². The van der Waals surface area contributed by atoms with Gasteiger partial charge in [-0.15, -0.1) is 11.3 Å². The molecule has 1 aromatic carbocycles. The molecule has 0 unspecified atom stereocenters. The average Bonchev–Trinajstić information content (AvgIpc) is 3.24. The van der Waals surface area contributed by atoms with Crippen LogP contribution in [0, 0.1) is 6.92 Å². The number of thioether (sulfide) groups is 1. The Morgan fingerprint density at radius 1 is 1.11 bits per heavy atom. The number of thiophene rings is 1. The van der Waals surface area contributed by atoms with Crippen LogP contribution >= 0.6 is 23.1 Å². The van der Waals surface area contributed by atoms with E-state index in [0.717, 1.165) is 23.7 Å². The number of hydrogen-bond donors (Lipinski definition) is 0. The molecule has 1 fully saturated rings. The number of rotatable bonds is 6. The zero-order valence-corrected chi connectivity index (χ0v) is 17.4. The Hall–Kier alpha value is -1.76. The minimum absolute atomic E-state index is 0.0797. The van der Waals surface area contributed by atoms with Gasteiger partial charge in [0.25, 0.3) is 0 Å². The Bertz CT molecular complexity index is 937. The van der Waals surface area contributed by atoms with E-state index in [9.17, 15) is 4.79 Å². The molecule has 0 bridgehead atoms. The first-order valence-electron chi connectivity index (χ1n) is 9.24. The zero-order chi connectivity index (χ0) is 18.8. The Balaban J connectivity index is 1.54. The molecule has 1 saturated heterocycles. The zero-order valence-electron chi connectivity index (χ0n) is 15.7. The van der Waals surface area contributed by atoms with Gasteiger partial charge in [-0.25, -0.2) is 0 Å². The lowest BCUT2D eigenvalue weighted by atomic mass is 10.1. The summed E-state index contributed by atoms with van der Waals surface area (Å²) in [6.45, 7) is 6.57. The van der Waals surface area contributed by atoms with Crippen molar-refractivity contribution >= 4 is 39.1 Å². The fourth-order valence-electron chi connectivity index (χ4n) is 3.51. The molecule has 4 rings (SSSR count). The first-order chi connectivity index (χ1) is 13.2. The number of fused-ring (bicyclic) bond motifs is 1. The van der Waals surface area contributed by atoms with E-state index >= 15 is 0 Å². The van der Waals surface area contributed by atoms with Gasteiger partial charge in [0.15, 0.2) is 0 Å². The second-order valence-corrected chi connectivity index (χ2v) is 9.08. The Kier molecular flexibility index (Phi) is 5.57. The average molecular weight is 401 g/mol. The first kappa shape index (κ1) is 18.6. The molecule has 0 N–H and O–H groups in total. The molecule has 1 aliphatic rings. The summed E-state index contributed by atoms with van der Waals surface area (Å²) in [6, 6.07) is 11.6. The van der Waals surface area contributed by atoms with Gasteiger partial charge in [0.1, 0.15) is 10.6 Å². The largest absolute Gasteiger partial charge is 0.497 e. The number of benzene rings is 1. The number of carbonyl (C=O) groups excluding carboxylic acids is 1. The monoisotopic (exact) mass is 400 g/mol. The van der Waals surface area contributed by atoms with E-state index in [0.29, 0.717) is 5.56 Å². The Labute approximate surface area is 168 Å². The van der Waals surface area contributed by atoms with E-state index in [-0.39, 0.29) is 5.78 Å². The third kappa shape index (κ3) is 3.93. The summed E-state index contributed by atoms with van der Waals surface area (Å²) >= 11 is 3.65. The summed E-state index contributed by atoms with van der Waals surface area (Å²) in [4.78, 5) is 17.4. The number of methoxy groups -OCH3 is 1. The lowest BCUT2D eigenvalue weighted by Gasteiger charge is -2.26. The molecule has 0 atom stereocenters. The van der Waals surface area contributed by atoms with Crippen molar-refractivity contribution in [1.29, 1.82) is 0 Å². The van der Waals surface area contributed by atoms with E-state index in [4.69, 9.17) is 4.74 Å². The summed E-state index contributed by atoms with van der Waals surface area (Å²) in [5.41, 5.74) is 1.97. The van der Waals surface area contributed by atoms with Crippen LogP contribution in [0.4, 0.5) is 0 Å². The summed E-state index contributed by atoms with van der Waals surface area (Å²) in [7, 11) is 1.63. The highest BCUT2D eigenvalue weighted by Crippen LogP contribution is 2.31. The third-order valence-electron chi connectivity index (χ3n) is 5.10. The van der Waals surface area contributed by atoms with Gasteiger partial charge in [-0.3, -0.25) is 9.69 Å². The number of ketones is 1. The number of carbonyl (C=O) groups is 1. The summed E-state index contributed by atoms with van der Waals surface area (Å²) in [5, 5.41) is 1.17. The molecular formula is C21H24N2O2S2. The van der Waals surface area contributed by atoms with Gasteiger partial charge in [0.05, 0.1) is 12.0 Å². The molecule has 0 spiro atoms. The van der Waals surface area contributed by atoms with Gasteiger partial charge < -0.3 is 9.30 Å². The lowest BCUT2D eigenvalue weighted by molar-refractivity contribution is 0.104. The lowest BCUT2D eigenvalue weighted by Crippen LogP contribution is -2.35. The molecule has 4 nitrogen and oxygen atoms in total. The number of ether oxygens (including phenoxy) is 1. The summed E-state index contributed by atoms with van der Waals surface area (Å²) in [6.07, 6.45) is 0. The van der Waals surface area contributed by atoms with Gasteiger partial charge in [0, 0.05) is 54.3 Å². The standard InChI is InChI=1S/C21H24N2O2S2/c1-15-13-17-14-19(20(24)16-3-5-18(25-2)6-4-16)27-21(17)23(15)8-7-22-9-11-26-12-10-22/h3-6,13-14H,7-12H2,1-2H3. The van der Waals surface area contributed by atoms with Crippen molar-refractivity contribution in [3.8, 4) is 5.75 Å². The van der Waals surface area contributed by atoms with Crippen LogP contribution in [0.25, 0.3) is 10.2 Å². The Morgan fingerprint density at radius 3 is 2.56 bits per heavy atom. The first-order valence-corrected chi connectivity index (χ1v) is 11.2. The molecule has 27 heavy (non-hydrogen) atoms. The highest BCUT2D eigenvalue weighted by atomic mass is 32.2. The molecule has 2 aromatic heterocycles. The SMILES string of the molecule is COc1ccc(C(=O)c2cc3cc(C)n(CCN4CCSCC4)c3s2)cc1. The number of nitrogens with zero attached hydrogens (tertiary/aromatic N) is 2. The summed E-state index contributed by atoms with van der Waals surface area (Å²) in [5.74, 6) is 3.32. The normalized spacial score (nSPS) is 15.3. The molecule has 0 saturated carbocycles. The molecule has 1 aliphatic heterocycles. The fourth-order valence-corrected chi connectivity index (χ4v) is 5.68. The summed E-state index contributed by atoms with van der Waals surface area (Å²) < 4.78 is 7.55. The number of hydrogen-bond acceptors (Lipinski definition) is 5. The second kappa shape index (κ2) is 8.09. The molecule has 6 heteroatoms. The van der Waals surface area contributed by atoms with Crippen LogP contribution in [0.15, 0.2) is 36.4 Å². The molecular weight excluding hydrogens is 376 g/mol. The predicted octanol–water partition coefficient (Wildman–Crippen LogP) is 4.30.